The Balaban J connectivity index is 2.97. The fraction of sp³-hybridized carbons (Fsp3) is 0.308. The van der Waals surface area contributed by atoms with E-state index in [1.165, 1.54) is 5.56 Å². The van der Waals surface area contributed by atoms with E-state index < -0.39 is 0 Å². The predicted molar refractivity (Wildman–Crippen MR) is 71.7 cm³/mol. The second kappa shape index (κ2) is 6.48. The predicted octanol–water partition coefficient (Wildman–Crippen LogP) is 3.86. The highest BCUT2D eigenvalue weighted by Crippen LogP contribution is 2.18. The molecule has 0 bridgehead atoms. The first-order valence-corrected chi connectivity index (χ1v) is 6.44. The van der Waals surface area contributed by atoms with Crippen molar-refractivity contribution in [2.75, 3.05) is 4.90 Å². The zero-order valence-electron chi connectivity index (χ0n) is 9.61. The van der Waals surface area contributed by atoms with Gasteiger partial charge in [-0.05, 0) is 24.6 Å². The Morgan fingerprint density at radius 2 is 2.00 bits per heavy atom. The van der Waals surface area contributed by atoms with Gasteiger partial charge >= 0.3 is 0 Å². The van der Waals surface area contributed by atoms with Crippen LogP contribution in [0, 0.1) is 0 Å². The largest absolute Gasteiger partial charge is 0.288 e. The summed E-state index contributed by atoms with van der Waals surface area (Å²) >= 11 is 3.40. The third-order valence-electron chi connectivity index (χ3n) is 2.24. The third-order valence-corrected chi connectivity index (χ3v) is 2.89. The molecule has 16 heavy (non-hydrogen) atoms. The van der Waals surface area contributed by atoms with Crippen LogP contribution in [0.5, 0.6) is 0 Å². The molecule has 86 valence electrons. The number of rotatable bonds is 4. The molecule has 1 aromatic carbocycles. The third kappa shape index (κ3) is 3.20. The molecule has 0 heterocycles. The van der Waals surface area contributed by atoms with E-state index in [-0.39, 0.29) is 5.91 Å². The molecular formula is C13H16BrNO. The van der Waals surface area contributed by atoms with Gasteiger partial charge in [-0.15, -0.1) is 0 Å². The maximum Gasteiger partial charge on any atom is 0.230 e. The molecular weight excluding hydrogens is 266 g/mol. The first kappa shape index (κ1) is 13.0. The van der Waals surface area contributed by atoms with Crippen LogP contribution in [-0.2, 0) is 10.1 Å². The van der Waals surface area contributed by atoms with Crippen molar-refractivity contribution < 1.29 is 4.79 Å². The lowest BCUT2D eigenvalue weighted by Crippen LogP contribution is -2.23. The first-order valence-electron chi connectivity index (χ1n) is 5.32. The van der Waals surface area contributed by atoms with E-state index in [1.807, 2.05) is 44.2 Å². The van der Waals surface area contributed by atoms with Crippen LogP contribution in [0.15, 0.2) is 36.5 Å². The summed E-state index contributed by atoms with van der Waals surface area (Å²) in [5.41, 5.74) is 2.11. The van der Waals surface area contributed by atoms with E-state index in [0.29, 0.717) is 6.42 Å². The van der Waals surface area contributed by atoms with Gasteiger partial charge in [-0.25, -0.2) is 0 Å². The Kier molecular flexibility index (Phi) is 5.26. The fourth-order valence-corrected chi connectivity index (χ4v) is 1.75. The summed E-state index contributed by atoms with van der Waals surface area (Å²) in [6.07, 6.45) is 4.17. The zero-order chi connectivity index (χ0) is 12.0. The van der Waals surface area contributed by atoms with Crippen molar-refractivity contribution in [1.82, 2.24) is 0 Å². The van der Waals surface area contributed by atoms with Gasteiger partial charge in [-0.1, -0.05) is 41.1 Å². The number of halogens is 1. The summed E-state index contributed by atoms with van der Waals surface area (Å²) in [6, 6.07) is 7.96. The Morgan fingerprint density at radius 3 is 2.44 bits per heavy atom. The van der Waals surface area contributed by atoms with Crippen molar-refractivity contribution in [2.24, 2.45) is 0 Å². The summed E-state index contributed by atoms with van der Waals surface area (Å²) in [5.74, 6) is 0.102. The Hall–Kier alpha value is -1.09. The van der Waals surface area contributed by atoms with E-state index in [0.717, 1.165) is 11.0 Å². The molecule has 3 heteroatoms. The number of hydrogen-bond donors (Lipinski definition) is 0. The van der Waals surface area contributed by atoms with Gasteiger partial charge in [0.05, 0.1) is 0 Å². The molecule has 0 unspecified atom stereocenters. The summed E-state index contributed by atoms with van der Waals surface area (Å²) in [7, 11) is 0. The molecule has 0 aliphatic rings. The average molecular weight is 282 g/mol. The van der Waals surface area contributed by atoms with E-state index >= 15 is 0 Å². The van der Waals surface area contributed by atoms with Crippen LogP contribution in [0.2, 0.25) is 0 Å². The first-order chi connectivity index (χ1) is 7.72. The van der Waals surface area contributed by atoms with Crippen LogP contribution >= 0.6 is 15.9 Å². The maximum absolute atomic E-state index is 11.7. The number of nitrogens with zero attached hydrogens (tertiary/aromatic N) is 1. The fourth-order valence-electron chi connectivity index (χ4n) is 1.38. The molecule has 0 aliphatic carbocycles. The SMILES string of the molecule is C/C=C\N(C(=O)CC)c1ccc(CBr)cc1. The van der Waals surface area contributed by atoms with Gasteiger partial charge in [-0.3, -0.25) is 9.69 Å². The van der Waals surface area contributed by atoms with Gasteiger partial charge in [0, 0.05) is 23.6 Å². The molecule has 0 atom stereocenters. The van der Waals surface area contributed by atoms with Gasteiger partial charge in [-0.2, -0.15) is 0 Å². The smallest absolute Gasteiger partial charge is 0.230 e. The Labute approximate surface area is 105 Å². The molecule has 0 N–H and O–H groups in total. The standard InChI is InChI=1S/C13H16BrNO/c1-3-9-15(13(16)4-2)12-7-5-11(10-14)6-8-12/h3,5-9H,4,10H2,1-2H3/b9-3-. The molecule has 0 aromatic heterocycles. The number of hydrogen-bond acceptors (Lipinski definition) is 1. The van der Waals surface area contributed by atoms with E-state index in [1.54, 1.807) is 11.1 Å². The minimum atomic E-state index is 0.102. The molecule has 0 radical (unpaired) electrons. The summed E-state index contributed by atoms with van der Waals surface area (Å²) in [4.78, 5) is 13.4. The lowest BCUT2D eigenvalue weighted by molar-refractivity contribution is -0.117. The summed E-state index contributed by atoms with van der Waals surface area (Å²) in [5, 5.41) is 0.832. The second-order valence-corrected chi connectivity index (χ2v) is 3.96. The number of carbonyl (C=O) groups excluding carboxylic acids is 1. The normalized spacial score (nSPS) is 10.7. The number of alkyl halides is 1. The highest BCUT2D eigenvalue weighted by atomic mass is 79.9. The van der Waals surface area contributed by atoms with Crippen molar-refractivity contribution >= 4 is 27.5 Å². The van der Waals surface area contributed by atoms with Crippen LogP contribution < -0.4 is 4.90 Å². The van der Waals surface area contributed by atoms with Gasteiger partial charge in [0.2, 0.25) is 5.91 Å². The number of carbonyl (C=O) groups is 1. The van der Waals surface area contributed by atoms with Crippen molar-refractivity contribution in [3.8, 4) is 0 Å². The number of amides is 1. The van der Waals surface area contributed by atoms with Gasteiger partial charge in [0.15, 0.2) is 0 Å². The van der Waals surface area contributed by atoms with E-state index in [9.17, 15) is 4.79 Å². The molecule has 0 fully saturated rings. The van der Waals surface area contributed by atoms with Crippen LogP contribution in [0.3, 0.4) is 0 Å². The lowest BCUT2D eigenvalue weighted by atomic mass is 10.2. The quantitative estimate of drug-likeness (QED) is 0.768. The topological polar surface area (TPSA) is 20.3 Å². The molecule has 1 amide bonds. The molecule has 1 rings (SSSR count). The van der Waals surface area contributed by atoms with Gasteiger partial charge in [0.1, 0.15) is 0 Å². The van der Waals surface area contributed by atoms with E-state index in [2.05, 4.69) is 15.9 Å². The minimum Gasteiger partial charge on any atom is -0.288 e. The molecule has 0 aliphatic heterocycles. The van der Waals surface area contributed by atoms with Crippen LogP contribution in [0.25, 0.3) is 0 Å². The molecule has 0 spiro atoms. The van der Waals surface area contributed by atoms with Crippen molar-refractivity contribution in [1.29, 1.82) is 0 Å². The zero-order valence-corrected chi connectivity index (χ0v) is 11.2. The highest BCUT2D eigenvalue weighted by molar-refractivity contribution is 9.08. The van der Waals surface area contributed by atoms with E-state index in [4.69, 9.17) is 0 Å². The number of anilines is 1. The molecule has 2 nitrogen and oxygen atoms in total. The maximum atomic E-state index is 11.7. The molecule has 0 saturated carbocycles. The monoisotopic (exact) mass is 281 g/mol. The van der Waals surface area contributed by atoms with Crippen LogP contribution in [0.4, 0.5) is 5.69 Å². The summed E-state index contributed by atoms with van der Waals surface area (Å²) < 4.78 is 0. The van der Waals surface area contributed by atoms with Crippen LogP contribution in [-0.4, -0.2) is 5.91 Å². The Bertz CT molecular complexity index is 370. The average Bonchev–Trinajstić information content (AvgIpc) is 2.35. The molecule has 1 aromatic rings. The number of benzene rings is 1. The van der Waals surface area contributed by atoms with Gasteiger partial charge < -0.3 is 0 Å². The van der Waals surface area contributed by atoms with Crippen molar-refractivity contribution in [3.05, 3.63) is 42.1 Å². The van der Waals surface area contributed by atoms with Crippen molar-refractivity contribution in [3.63, 3.8) is 0 Å². The number of allylic oxidation sites excluding steroid dienone is 1. The van der Waals surface area contributed by atoms with Crippen LogP contribution in [0.1, 0.15) is 25.8 Å². The summed E-state index contributed by atoms with van der Waals surface area (Å²) in [6.45, 7) is 3.77. The lowest BCUT2D eigenvalue weighted by Gasteiger charge is -2.17. The molecule has 0 saturated heterocycles. The van der Waals surface area contributed by atoms with Gasteiger partial charge in [0.25, 0.3) is 0 Å². The second-order valence-electron chi connectivity index (χ2n) is 3.40. The minimum absolute atomic E-state index is 0.102. The Morgan fingerprint density at radius 1 is 1.38 bits per heavy atom. The van der Waals surface area contributed by atoms with Crippen molar-refractivity contribution in [2.45, 2.75) is 25.6 Å². The highest BCUT2D eigenvalue weighted by Gasteiger charge is 2.10.